The zero-order valence-corrected chi connectivity index (χ0v) is 14.1. The van der Waals surface area contributed by atoms with Crippen LogP contribution >= 0.6 is 0 Å². The first-order valence-electron chi connectivity index (χ1n) is 8.59. The summed E-state index contributed by atoms with van der Waals surface area (Å²) >= 11 is 0. The molecule has 1 saturated heterocycles. The fraction of sp³-hybridized carbons (Fsp3) is 0.667. The second-order valence-corrected chi connectivity index (χ2v) is 6.31. The maximum atomic E-state index is 12.4. The Morgan fingerprint density at radius 1 is 1.18 bits per heavy atom. The molecule has 0 radical (unpaired) electrons. The van der Waals surface area contributed by atoms with Gasteiger partial charge in [-0.15, -0.1) is 0 Å². The van der Waals surface area contributed by atoms with Crippen LogP contribution in [0.1, 0.15) is 50.3 Å². The number of aryl methyl sites for hydroxylation is 1. The lowest BCUT2D eigenvalue weighted by Crippen LogP contribution is -2.39. The molecular formula is C18H29N3O. The van der Waals surface area contributed by atoms with Gasteiger partial charge in [-0.3, -0.25) is 14.7 Å². The van der Waals surface area contributed by atoms with Crippen LogP contribution in [0.3, 0.4) is 0 Å². The van der Waals surface area contributed by atoms with Crippen molar-refractivity contribution in [2.75, 3.05) is 26.7 Å². The van der Waals surface area contributed by atoms with Gasteiger partial charge in [0.05, 0.1) is 18.8 Å². The number of carbonyl (C=O) groups excluding carboxylic acids is 1. The van der Waals surface area contributed by atoms with Crippen molar-refractivity contribution >= 4 is 5.91 Å². The van der Waals surface area contributed by atoms with Gasteiger partial charge < -0.3 is 4.90 Å². The lowest BCUT2D eigenvalue weighted by Gasteiger charge is -2.26. The van der Waals surface area contributed by atoms with Crippen LogP contribution in [0.5, 0.6) is 0 Å². The number of likely N-dealkylation sites (N-methyl/N-ethyl adjacent to an activating group) is 1. The minimum atomic E-state index is 0.196. The number of rotatable bonds is 5. The summed E-state index contributed by atoms with van der Waals surface area (Å²) in [5.41, 5.74) is 2.19. The quantitative estimate of drug-likeness (QED) is 0.839. The number of aromatic nitrogens is 1. The molecule has 1 aliphatic heterocycles. The summed E-state index contributed by atoms with van der Waals surface area (Å²) in [6.45, 7) is 5.38. The Morgan fingerprint density at radius 3 is 2.45 bits per heavy atom. The summed E-state index contributed by atoms with van der Waals surface area (Å²) in [5, 5.41) is 0. The highest BCUT2D eigenvalue weighted by Gasteiger charge is 2.16. The molecule has 0 aromatic carbocycles. The third kappa shape index (κ3) is 5.41. The van der Waals surface area contributed by atoms with Gasteiger partial charge in [0.15, 0.2) is 0 Å². The monoisotopic (exact) mass is 303 g/mol. The van der Waals surface area contributed by atoms with Gasteiger partial charge in [-0.05, 0) is 44.0 Å². The van der Waals surface area contributed by atoms with Crippen molar-refractivity contribution in [2.24, 2.45) is 0 Å². The molecule has 0 atom stereocenters. The number of hydrogen-bond donors (Lipinski definition) is 0. The maximum Gasteiger partial charge on any atom is 0.236 e. The first-order chi connectivity index (χ1) is 10.7. The van der Waals surface area contributed by atoms with Gasteiger partial charge in [0.2, 0.25) is 5.91 Å². The third-order valence-electron chi connectivity index (χ3n) is 4.43. The molecule has 2 heterocycles. The van der Waals surface area contributed by atoms with Gasteiger partial charge in [-0.25, -0.2) is 0 Å². The van der Waals surface area contributed by atoms with Crippen molar-refractivity contribution in [1.82, 2.24) is 14.8 Å². The Morgan fingerprint density at radius 2 is 1.86 bits per heavy atom. The van der Waals surface area contributed by atoms with Crippen molar-refractivity contribution in [3.8, 4) is 0 Å². The Hall–Kier alpha value is -1.42. The van der Waals surface area contributed by atoms with E-state index in [-0.39, 0.29) is 5.91 Å². The van der Waals surface area contributed by atoms with E-state index in [0.717, 1.165) is 25.2 Å². The van der Waals surface area contributed by atoms with Crippen LogP contribution in [0.2, 0.25) is 0 Å². The van der Waals surface area contributed by atoms with Crippen molar-refractivity contribution in [1.29, 1.82) is 0 Å². The fourth-order valence-corrected chi connectivity index (χ4v) is 2.87. The largest absolute Gasteiger partial charge is 0.339 e. The third-order valence-corrected chi connectivity index (χ3v) is 4.43. The SMILES string of the molecule is CCc1ccc(CN(C)C(=O)CN2CCCCCCC2)nc1. The molecule has 22 heavy (non-hydrogen) atoms. The molecule has 0 saturated carbocycles. The van der Waals surface area contributed by atoms with Gasteiger partial charge in [0, 0.05) is 13.2 Å². The van der Waals surface area contributed by atoms with Gasteiger partial charge >= 0.3 is 0 Å². The smallest absolute Gasteiger partial charge is 0.236 e. The van der Waals surface area contributed by atoms with Crippen LogP contribution in [-0.2, 0) is 17.8 Å². The number of hydrogen-bond acceptors (Lipinski definition) is 3. The predicted molar refractivity (Wildman–Crippen MR) is 89.6 cm³/mol. The first-order valence-corrected chi connectivity index (χ1v) is 8.59. The molecule has 0 unspecified atom stereocenters. The first kappa shape index (κ1) is 16.9. The summed E-state index contributed by atoms with van der Waals surface area (Å²) in [6.07, 6.45) is 9.29. The molecule has 0 spiro atoms. The predicted octanol–water partition coefficient (Wildman–Crippen LogP) is 2.87. The van der Waals surface area contributed by atoms with Crippen LogP contribution in [0.25, 0.3) is 0 Å². The summed E-state index contributed by atoms with van der Waals surface area (Å²) in [6, 6.07) is 4.12. The zero-order valence-electron chi connectivity index (χ0n) is 14.1. The molecule has 0 bridgehead atoms. The Kier molecular flexibility index (Phi) is 6.84. The number of amides is 1. The van der Waals surface area contributed by atoms with Gasteiger partial charge in [0.1, 0.15) is 0 Å². The van der Waals surface area contributed by atoms with E-state index >= 15 is 0 Å². The van der Waals surface area contributed by atoms with E-state index in [2.05, 4.69) is 22.9 Å². The van der Waals surface area contributed by atoms with E-state index in [1.807, 2.05) is 19.3 Å². The Bertz CT molecular complexity index is 450. The van der Waals surface area contributed by atoms with Crippen LogP contribution in [-0.4, -0.2) is 47.4 Å². The van der Waals surface area contributed by atoms with Gasteiger partial charge in [-0.1, -0.05) is 32.3 Å². The van der Waals surface area contributed by atoms with E-state index in [0.29, 0.717) is 13.1 Å². The summed E-state index contributed by atoms with van der Waals surface area (Å²) in [5.74, 6) is 0.196. The average molecular weight is 303 g/mol. The highest BCUT2D eigenvalue weighted by molar-refractivity contribution is 5.77. The molecule has 1 amide bonds. The van der Waals surface area contributed by atoms with Crippen molar-refractivity contribution in [3.05, 3.63) is 29.6 Å². The fourth-order valence-electron chi connectivity index (χ4n) is 2.87. The highest BCUT2D eigenvalue weighted by Crippen LogP contribution is 2.11. The molecule has 1 aromatic rings. The Labute approximate surface area is 134 Å². The van der Waals surface area contributed by atoms with Crippen LogP contribution in [0, 0.1) is 0 Å². The standard InChI is InChI=1S/C18H29N3O/c1-3-16-9-10-17(19-13-16)14-20(2)18(22)15-21-11-7-5-4-6-8-12-21/h9-10,13H,3-8,11-12,14-15H2,1-2H3. The van der Waals surface area contributed by atoms with Crippen molar-refractivity contribution in [2.45, 2.75) is 52.0 Å². The molecule has 4 nitrogen and oxygen atoms in total. The van der Waals surface area contributed by atoms with Crippen LogP contribution in [0.4, 0.5) is 0 Å². The lowest BCUT2D eigenvalue weighted by atomic mass is 10.1. The molecule has 0 N–H and O–H groups in total. The molecular weight excluding hydrogens is 274 g/mol. The van der Waals surface area contributed by atoms with E-state index in [4.69, 9.17) is 0 Å². The zero-order chi connectivity index (χ0) is 15.8. The summed E-state index contributed by atoms with van der Waals surface area (Å²) in [7, 11) is 1.88. The minimum Gasteiger partial charge on any atom is -0.339 e. The summed E-state index contributed by atoms with van der Waals surface area (Å²) < 4.78 is 0. The number of nitrogens with zero attached hydrogens (tertiary/aromatic N) is 3. The lowest BCUT2D eigenvalue weighted by molar-refractivity contribution is -0.131. The van der Waals surface area contributed by atoms with Crippen molar-refractivity contribution < 1.29 is 4.79 Å². The maximum absolute atomic E-state index is 12.4. The van der Waals surface area contributed by atoms with E-state index in [1.165, 1.54) is 37.7 Å². The number of carbonyl (C=O) groups is 1. The van der Waals surface area contributed by atoms with Gasteiger partial charge in [-0.2, -0.15) is 0 Å². The number of pyridine rings is 1. The van der Waals surface area contributed by atoms with E-state index in [9.17, 15) is 4.79 Å². The molecule has 1 fully saturated rings. The molecule has 1 aromatic heterocycles. The average Bonchev–Trinajstić information content (AvgIpc) is 2.50. The van der Waals surface area contributed by atoms with Crippen LogP contribution in [0.15, 0.2) is 18.3 Å². The molecule has 0 aliphatic carbocycles. The highest BCUT2D eigenvalue weighted by atomic mass is 16.2. The molecule has 122 valence electrons. The normalized spacial score (nSPS) is 16.8. The second-order valence-electron chi connectivity index (χ2n) is 6.31. The minimum absolute atomic E-state index is 0.196. The van der Waals surface area contributed by atoms with Crippen LogP contribution < -0.4 is 0 Å². The topological polar surface area (TPSA) is 36.4 Å². The molecule has 4 heteroatoms. The second kappa shape index (κ2) is 8.89. The Balaban J connectivity index is 1.82. The van der Waals surface area contributed by atoms with Crippen molar-refractivity contribution in [3.63, 3.8) is 0 Å². The van der Waals surface area contributed by atoms with Gasteiger partial charge in [0.25, 0.3) is 0 Å². The number of likely N-dealkylation sites (tertiary alicyclic amines) is 1. The molecule has 1 aliphatic rings. The summed E-state index contributed by atoms with van der Waals surface area (Å²) in [4.78, 5) is 20.9. The van der Waals surface area contributed by atoms with E-state index in [1.54, 1.807) is 4.90 Å². The van der Waals surface area contributed by atoms with E-state index < -0.39 is 0 Å². The molecule has 2 rings (SSSR count).